The van der Waals surface area contributed by atoms with E-state index in [1.54, 1.807) is 0 Å². The molecule has 0 bridgehead atoms. The minimum atomic E-state index is -0.426. The summed E-state index contributed by atoms with van der Waals surface area (Å²) in [5.74, 6) is 0.736. The first-order valence-corrected chi connectivity index (χ1v) is 6.71. The van der Waals surface area contributed by atoms with E-state index in [1.807, 2.05) is 20.8 Å². The van der Waals surface area contributed by atoms with Crippen LogP contribution in [-0.2, 0) is 15.3 Å². The van der Waals surface area contributed by atoms with Crippen molar-refractivity contribution in [3.05, 3.63) is 5.01 Å². The molecule has 0 aromatic carbocycles. The van der Waals surface area contributed by atoms with Crippen LogP contribution in [0.5, 0.6) is 0 Å². The third-order valence-corrected chi connectivity index (χ3v) is 3.20. The zero-order valence-electron chi connectivity index (χ0n) is 9.52. The topological polar surface area (TPSA) is 78.1 Å². The molecule has 0 saturated heterocycles. The van der Waals surface area contributed by atoms with E-state index >= 15 is 0 Å². The molecule has 90 valence electrons. The average molecular weight is 261 g/mol. The van der Waals surface area contributed by atoms with Gasteiger partial charge in [-0.15, -0.1) is 22.0 Å². The Balaban J connectivity index is 2.23. The maximum atomic E-state index is 11.4. The molecule has 0 radical (unpaired) electrons. The fourth-order valence-electron chi connectivity index (χ4n) is 0.918. The van der Waals surface area contributed by atoms with E-state index in [-0.39, 0.29) is 5.97 Å². The van der Waals surface area contributed by atoms with Gasteiger partial charge in [0, 0.05) is 5.75 Å². The van der Waals surface area contributed by atoms with Gasteiger partial charge in [0.15, 0.2) is 0 Å². The molecule has 0 aliphatic carbocycles. The predicted octanol–water partition coefficient (Wildman–Crippen LogP) is 1.70. The SMILES string of the molecule is CC(C)(C)OC(=O)CSCc1nnc(N)s1. The molecule has 0 fully saturated rings. The Bertz CT molecular complexity index is 360. The third kappa shape index (κ3) is 5.32. The van der Waals surface area contributed by atoms with Crippen molar-refractivity contribution in [2.45, 2.75) is 32.1 Å². The number of rotatable bonds is 4. The van der Waals surface area contributed by atoms with Crippen molar-refractivity contribution >= 4 is 34.2 Å². The van der Waals surface area contributed by atoms with Crippen LogP contribution >= 0.6 is 23.1 Å². The van der Waals surface area contributed by atoms with E-state index in [9.17, 15) is 4.79 Å². The molecule has 0 aliphatic rings. The van der Waals surface area contributed by atoms with E-state index < -0.39 is 5.60 Å². The highest BCUT2D eigenvalue weighted by Crippen LogP contribution is 2.18. The number of hydrogen-bond donors (Lipinski definition) is 1. The number of esters is 1. The number of nitrogens with two attached hydrogens (primary N) is 1. The second kappa shape index (κ2) is 5.49. The molecule has 0 atom stereocenters. The lowest BCUT2D eigenvalue weighted by atomic mass is 10.2. The van der Waals surface area contributed by atoms with Crippen LogP contribution in [0.1, 0.15) is 25.8 Å². The first kappa shape index (κ1) is 13.2. The monoisotopic (exact) mass is 261 g/mol. The van der Waals surface area contributed by atoms with Gasteiger partial charge in [0.1, 0.15) is 10.6 Å². The highest BCUT2D eigenvalue weighted by molar-refractivity contribution is 7.99. The van der Waals surface area contributed by atoms with Crippen molar-refractivity contribution in [3.8, 4) is 0 Å². The summed E-state index contributed by atoms with van der Waals surface area (Å²) >= 11 is 2.78. The van der Waals surface area contributed by atoms with Crippen molar-refractivity contribution < 1.29 is 9.53 Å². The van der Waals surface area contributed by atoms with Gasteiger partial charge in [-0.1, -0.05) is 11.3 Å². The molecule has 2 N–H and O–H groups in total. The van der Waals surface area contributed by atoms with E-state index in [4.69, 9.17) is 10.5 Å². The summed E-state index contributed by atoms with van der Waals surface area (Å²) in [6.45, 7) is 5.54. The van der Waals surface area contributed by atoms with Gasteiger partial charge >= 0.3 is 5.97 Å². The number of nitrogens with zero attached hydrogens (tertiary/aromatic N) is 2. The minimum absolute atomic E-state index is 0.213. The van der Waals surface area contributed by atoms with Crippen molar-refractivity contribution in [1.82, 2.24) is 10.2 Å². The van der Waals surface area contributed by atoms with E-state index in [1.165, 1.54) is 23.1 Å². The summed E-state index contributed by atoms with van der Waals surface area (Å²) in [4.78, 5) is 11.4. The molecule has 5 nitrogen and oxygen atoms in total. The number of anilines is 1. The Hall–Kier alpha value is -0.820. The van der Waals surface area contributed by atoms with Crippen LogP contribution in [-0.4, -0.2) is 27.5 Å². The maximum absolute atomic E-state index is 11.4. The van der Waals surface area contributed by atoms with Crippen LogP contribution in [0.3, 0.4) is 0 Å². The lowest BCUT2D eigenvalue weighted by molar-refractivity contribution is -0.151. The predicted molar refractivity (Wildman–Crippen MR) is 66.3 cm³/mol. The highest BCUT2D eigenvalue weighted by Gasteiger charge is 2.16. The fourth-order valence-corrected chi connectivity index (χ4v) is 2.37. The smallest absolute Gasteiger partial charge is 0.316 e. The first-order chi connectivity index (χ1) is 7.37. The Labute approximate surface area is 103 Å². The molecular formula is C9H15N3O2S2. The lowest BCUT2D eigenvalue weighted by Gasteiger charge is -2.19. The van der Waals surface area contributed by atoms with Gasteiger partial charge in [-0.2, -0.15) is 0 Å². The number of nitrogen functional groups attached to an aromatic ring is 1. The molecule has 1 aromatic heterocycles. The second-order valence-electron chi connectivity index (χ2n) is 4.11. The fraction of sp³-hybridized carbons (Fsp3) is 0.667. The molecule has 1 aromatic rings. The lowest BCUT2D eigenvalue weighted by Crippen LogP contribution is -2.24. The summed E-state index contributed by atoms with van der Waals surface area (Å²) in [5, 5.41) is 8.83. The van der Waals surface area contributed by atoms with E-state index in [2.05, 4.69) is 10.2 Å². The largest absolute Gasteiger partial charge is 0.459 e. The van der Waals surface area contributed by atoms with Gasteiger partial charge in [0.2, 0.25) is 5.13 Å². The number of carbonyl (C=O) groups excluding carboxylic acids is 1. The van der Waals surface area contributed by atoms with Crippen molar-refractivity contribution in [3.63, 3.8) is 0 Å². The Kier molecular flexibility index (Phi) is 4.55. The maximum Gasteiger partial charge on any atom is 0.316 e. The van der Waals surface area contributed by atoms with Crippen molar-refractivity contribution in [2.75, 3.05) is 11.5 Å². The highest BCUT2D eigenvalue weighted by atomic mass is 32.2. The van der Waals surface area contributed by atoms with Crippen LogP contribution in [0.2, 0.25) is 0 Å². The van der Waals surface area contributed by atoms with E-state index in [0.29, 0.717) is 16.6 Å². The summed E-state index contributed by atoms with van der Waals surface area (Å²) < 4.78 is 5.16. The molecule has 7 heteroatoms. The molecule has 0 amide bonds. The van der Waals surface area contributed by atoms with Crippen molar-refractivity contribution in [1.29, 1.82) is 0 Å². The second-order valence-corrected chi connectivity index (χ2v) is 6.19. The molecule has 0 aliphatic heterocycles. The van der Waals surface area contributed by atoms with Crippen molar-refractivity contribution in [2.24, 2.45) is 0 Å². The number of thioether (sulfide) groups is 1. The quantitative estimate of drug-likeness (QED) is 0.831. The van der Waals surface area contributed by atoms with Crippen LogP contribution in [0.4, 0.5) is 5.13 Å². The standard InChI is InChI=1S/C9H15N3O2S2/c1-9(2,3)14-7(13)5-15-4-6-11-12-8(10)16-6/h4-5H2,1-3H3,(H2,10,12). The average Bonchev–Trinajstić information content (AvgIpc) is 2.48. The Morgan fingerprint density at radius 3 is 2.69 bits per heavy atom. The molecular weight excluding hydrogens is 246 g/mol. The normalized spacial score (nSPS) is 11.4. The van der Waals surface area contributed by atoms with Crippen LogP contribution in [0.15, 0.2) is 0 Å². The molecule has 0 saturated carbocycles. The minimum Gasteiger partial charge on any atom is -0.459 e. The summed E-state index contributed by atoms with van der Waals surface area (Å²) in [5.41, 5.74) is 5.01. The van der Waals surface area contributed by atoms with Crippen LogP contribution in [0, 0.1) is 0 Å². The van der Waals surface area contributed by atoms with Gasteiger partial charge in [0.25, 0.3) is 0 Å². The number of aromatic nitrogens is 2. The number of ether oxygens (including phenoxy) is 1. The zero-order chi connectivity index (χ0) is 12.2. The Morgan fingerprint density at radius 2 is 2.19 bits per heavy atom. The molecule has 0 spiro atoms. The zero-order valence-corrected chi connectivity index (χ0v) is 11.2. The van der Waals surface area contributed by atoms with Gasteiger partial charge < -0.3 is 10.5 Å². The Morgan fingerprint density at radius 1 is 1.50 bits per heavy atom. The van der Waals surface area contributed by atoms with Crippen LogP contribution in [0.25, 0.3) is 0 Å². The number of carbonyl (C=O) groups is 1. The number of hydrogen-bond acceptors (Lipinski definition) is 7. The molecule has 16 heavy (non-hydrogen) atoms. The first-order valence-electron chi connectivity index (χ1n) is 4.74. The van der Waals surface area contributed by atoms with Gasteiger partial charge in [-0.3, -0.25) is 4.79 Å². The molecule has 0 unspecified atom stereocenters. The van der Waals surface area contributed by atoms with Gasteiger partial charge in [0.05, 0.1) is 5.75 Å². The van der Waals surface area contributed by atoms with E-state index in [0.717, 1.165) is 5.01 Å². The molecule has 1 heterocycles. The molecule has 1 rings (SSSR count). The summed E-state index contributed by atoms with van der Waals surface area (Å²) in [7, 11) is 0. The summed E-state index contributed by atoms with van der Waals surface area (Å²) in [6.07, 6.45) is 0. The summed E-state index contributed by atoms with van der Waals surface area (Å²) in [6, 6.07) is 0. The third-order valence-electron chi connectivity index (χ3n) is 1.35. The van der Waals surface area contributed by atoms with Gasteiger partial charge in [-0.25, -0.2) is 0 Å². The van der Waals surface area contributed by atoms with Crippen LogP contribution < -0.4 is 5.73 Å². The van der Waals surface area contributed by atoms with Gasteiger partial charge in [-0.05, 0) is 20.8 Å².